The van der Waals surface area contributed by atoms with Crippen LogP contribution in [-0.4, -0.2) is 23.9 Å². The minimum atomic E-state index is 0.404. The van der Waals surface area contributed by atoms with Crippen molar-refractivity contribution in [3.05, 3.63) is 0 Å². The van der Waals surface area contributed by atoms with Crippen molar-refractivity contribution in [3.63, 3.8) is 0 Å². The standard InChI is InChI=1S/C23H45NO/c1-3-17-22(2)18-13-11-9-7-5-4-6-8-10-12-14-19-23(25)24-20-15-16-21-24/h22H,3-21H2,1-2H3. The van der Waals surface area contributed by atoms with Crippen LogP contribution < -0.4 is 0 Å². The summed E-state index contributed by atoms with van der Waals surface area (Å²) in [7, 11) is 0. The Balaban J connectivity index is 1.74. The number of rotatable bonds is 16. The molecule has 0 aliphatic carbocycles. The van der Waals surface area contributed by atoms with Crippen LogP contribution in [0.1, 0.15) is 123 Å². The van der Waals surface area contributed by atoms with Gasteiger partial charge in [-0.3, -0.25) is 4.79 Å². The van der Waals surface area contributed by atoms with E-state index in [4.69, 9.17) is 0 Å². The Labute approximate surface area is 158 Å². The van der Waals surface area contributed by atoms with E-state index in [0.29, 0.717) is 5.91 Å². The molecule has 0 bridgehead atoms. The van der Waals surface area contributed by atoms with E-state index in [2.05, 4.69) is 18.7 Å². The molecule has 2 nitrogen and oxygen atoms in total. The average molecular weight is 352 g/mol. The predicted octanol–water partition coefficient (Wildman–Crippen LogP) is 7.12. The van der Waals surface area contributed by atoms with Gasteiger partial charge in [0.25, 0.3) is 0 Å². The van der Waals surface area contributed by atoms with E-state index in [1.807, 2.05) is 0 Å². The highest BCUT2D eigenvalue weighted by atomic mass is 16.2. The zero-order chi connectivity index (χ0) is 18.2. The first-order valence-corrected chi connectivity index (χ1v) is 11.5. The molecule has 1 fully saturated rings. The molecule has 1 atom stereocenters. The van der Waals surface area contributed by atoms with Crippen LogP contribution in [0.15, 0.2) is 0 Å². The third-order valence-electron chi connectivity index (χ3n) is 5.83. The van der Waals surface area contributed by atoms with Gasteiger partial charge in [0.2, 0.25) is 5.91 Å². The number of nitrogens with zero attached hydrogens (tertiary/aromatic N) is 1. The number of hydrogen-bond acceptors (Lipinski definition) is 1. The summed E-state index contributed by atoms with van der Waals surface area (Å²) < 4.78 is 0. The summed E-state index contributed by atoms with van der Waals surface area (Å²) in [4.78, 5) is 14.0. The molecular weight excluding hydrogens is 306 g/mol. The summed E-state index contributed by atoms with van der Waals surface area (Å²) >= 11 is 0. The lowest BCUT2D eigenvalue weighted by molar-refractivity contribution is -0.130. The zero-order valence-electron chi connectivity index (χ0n) is 17.4. The van der Waals surface area contributed by atoms with E-state index in [1.54, 1.807) is 0 Å². The molecule has 0 radical (unpaired) electrons. The Kier molecular flexibility index (Phi) is 14.1. The zero-order valence-corrected chi connectivity index (χ0v) is 17.4. The maximum atomic E-state index is 11.9. The maximum Gasteiger partial charge on any atom is 0.222 e. The van der Waals surface area contributed by atoms with E-state index >= 15 is 0 Å². The summed E-state index contributed by atoms with van der Waals surface area (Å²) in [5.74, 6) is 1.34. The molecule has 1 unspecified atom stereocenters. The van der Waals surface area contributed by atoms with Gasteiger partial charge in [-0.2, -0.15) is 0 Å². The molecule has 1 heterocycles. The van der Waals surface area contributed by atoms with Crippen LogP contribution in [0.5, 0.6) is 0 Å². The summed E-state index contributed by atoms with van der Waals surface area (Å²) in [6.45, 7) is 6.73. The highest BCUT2D eigenvalue weighted by Gasteiger charge is 2.16. The third-order valence-corrected chi connectivity index (χ3v) is 5.83. The second-order valence-electron chi connectivity index (χ2n) is 8.41. The SMILES string of the molecule is CCCC(C)CCCCCCCCCCCCCC(=O)N1CCCC1. The maximum absolute atomic E-state index is 11.9. The molecule has 0 N–H and O–H groups in total. The number of carbonyl (C=O) groups is 1. The number of likely N-dealkylation sites (tertiary alicyclic amines) is 1. The van der Waals surface area contributed by atoms with Gasteiger partial charge in [-0.1, -0.05) is 97.3 Å². The molecule has 2 heteroatoms. The van der Waals surface area contributed by atoms with Crippen molar-refractivity contribution in [2.75, 3.05) is 13.1 Å². The quantitative estimate of drug-likeness (QED) is 0.271. The summed E-state index contributed by atoms with van der Waals surface area (Å²) in [5, 5.41) is 0. The molecule has 1 aliphatic heterocycles. The van der Waals surface area contributed by atoms with Gasteiger partial charge in [0.1, 0.15) is 0 Å². The van der Waals surface area contributed by atoms with Crippen LogP contribution in [0.2, 0.25) is 0 Å². The molecular formula is C23H45NO. The topological polar surface area (TPSA) is 20.3 Å². The van der Waals surface area contributed by atoms with Crippen LogP contribution in [-0.2, 0) is 4.79 Å². The molecule has 0 aromatic rings. The lowest BCUT2D eigenvalue weighted by atomic mass is 9.98. The molecule has 148 valence electrons. The Bertz CT molecular complexity index is 309. The van der Waals surface area contributed by atoms with Gasteiger partial charge < -0.3 is 4.90 Å². The number of amides is 1. The van der Waals surface area contributed by atoms with Crippen molar-refractivity contribution < 1.29 is 4.79 Å². The molecule has 0 saturated carbocycles. The number of carbonyl (C=O) groups excluding carboxylic acids is 1. The van der Waals surface area contributed by atoms with E-state index < -0.39 is 0 Å². The van der Waals surface area contributed by atoms with E-state index in [-0.39, 0.29) is 0 Å². The van der Waals surface area contributed by atoms with E-state index in [0.717, 1.165) is 31.8 Å². The fourth-order valence-electron chi connectivity index (χ4n) is 4.12. The minimum Gasteiger partial charge on any atom is -0.343 e. The van der Waals surface area contributed by atoms with Crippen molar-refractivity contribution in [2.24, 2.45) is 5.92 Å². The Morgan fingerprint density at radius 1 is 0.760 bits per heavy atom. The van der Waals surface area contributed by atoms with Gasteiger partial charge >= 0.3 is 0 Å². The molecule has 0 spiro atoms. The first-order chi connectivity index (χ1) is 12.2. The lowest BCUT2D eigenvalue weighted by Gasteiger charge is -2.14. The van der Waals surface area contributed by atoms with Crippen molar-refractivity contribution >= 4 is 5.91 Å². The van der Waals surface area contributed by atoms with Crippen LogP contribution in [0.3, 0.4) is 0 Å². The summed E-state index contributed by atoms with van der Waals surface area (Å²) in [5.41, 5.74) is 0. The van der Waals surface area contributed by atoms with E-state index in [1.165, 1.54) is 96.3 Å². The molecule has 0 aromatic heterocycles. The Morgan fingerprint density at radius 3 is 1.76 bits per heavy atom. The van der Waals surface area contributed by atoms with Crippen molar-refractivity contribution in [1.82, 2.24) is 4.90 Å². The summed E-state index contributed by atoms with van der Waals surface area (Å²) in [6.07, 6.45) is 22.4. The van der Waals surface area contributed by atoms with Crippen LogP contribution in [0, 0.1) is 5.92 Å². The molecule has 1 amide bonds. The monoisotopic (exact) mass is 351 g/mol. The Hall–Kier alpha value is -0.530. The third kappa shape index (κ3) is 12.5. The molecule has 1 aliphatic rings. The first kappa shape index (κ1) is 22.5. The van der Waals surface area contributed by atoms with Crippen LogP contribution in [0.4, 0.5) is 0 Å². The first-order valence-electron chi connectivity index (χ1n) is 11.5. The van der Waals surface area contributed by atoms with Crippen molar-refractivity contribution in [3.8, 4) is 0 Å². The normalized spacial score (nSPS) is 15.7. The van der Waals surface area contributed by atoms with Gasteiger partial charge in [-0.25, -0.2) is 0 Å². The van der Waals surface area contributed by atoms with E-state index in [9.17, 15) is 4.79 Å². The fourth-order valence-corrected chi connectivity index (χ4v) is 4.12. The van der Waals surface area contributed by atoms with Gasteiger partial charge in [-0.05, 0) is 25.2 Å². The van der Waals surface area contributed by atoms with Gasteiger partial charge in [-0.15, -0.1) is 0 Å². The molecule has 0 aromatic carbocycles. The second kappa shape index (κ2) is 15.7. The fraction of sp³-hybridized carbons (Fsp3) is 0.957. The minimum absolute atomic E-state index is 0.404. The average Bonchev–Trinajstić information content (AvgIpc) is 3.13. The Morgan fingerprint density at radius 2 is 1.24 bits per heavy atom. The number of hydrogen-bond donors (Lipinski definition) is 0. The molecule has 1 saturated heterocycles. The van der Waals surface area contributed by atoms with Crippen molar-refractivity contribution in [1.29, 1.82) is 0 Å². The second-order valence-corrected chi connectivity index (χ2v) is 8.41. The van der Waals surface area contributed by atoms with Gasteiger partial charge in [0.15, 0.2) is 0 Å². The highest BCUT2D eigenvalue weighted by Crippen LogP contribution is 2.17. The molecule has 25 heavy (non-hydrogen) atoms. The molecule has 1 rings (SSSR count). The summed E-state index contributed by atoms with van der Waals surface area (Å²) in [6, 6.07) is 0. The number of unbranched alkanes of at least 4 members (excludes halogenated alkanes) is 10. The van der Waals surface area contributed by atoms with Gasteiger partial charge in [0.05, 0.1) is 0 Å². The smallest absolute Gasteiger partial charge is 0.222 e. The predicted molar refractivity (Wildman–Crippen MR) is 110 cm³/mol. The van der Waals surface area contributed by atoms with Crippen LogP contribution in [0.25, 0.3) is 0 Å². The van der Waals surface area contributed by atoms with Gasteiger partial charge in [0, 0.05) is 19.5 Å². The highest BCUT2D eigenvalue weighted by molar-refractivity contribution is 5.76. The van der Waals surface area contributed by atoms with Crippen molar-refractivity contribution in [2.45, 2.75) is 123 Å². The lowest BCUT2D eigenvalue weighted by Crippen LogP contribution is -2.27. The van der Waals surface area contributed by atoms with Crippen LogP contribution >= 0.6 is 0 Å². The largest absolute Gasteiger partial charge is 0.343 e.